The summed E-state index contributed by atoms with van der Waals surface area (Å²) in [6, 6.07) is -0.328. The van der Waals surface area contributed by atoms with Gasteiger partial charge in [0.2, 0.25) is 5.91 Å². The van der Waals surface area contributed by atoms with E-state index >= 15 is 0 Å². The average Bonchev–Trinajstić information content (AvgIpc) is 2.14. The molecular weight excluding hydrogens is 196 g/mol. The predicted octanol–water partition coefficient (Wildman–Crippen LogP) is -0.619. The molecule has 0 aromatic heterocycles. The summed E-state index contributed by atoms with van der Waals surface area (Å²) in [6.45, 7) is 0.205. The lowest BCUT2D eigenvalue weighted by molar-refractivity contribution is -0.124. The minimum atomic E-state index is -0.328. The molecule has 4 N–H and O–H groups in total. The van der Waals surface area contributed by atoms with Crippen LogP contribution in [0.15, 0.2) is 0 Å². The number of aliphatic hydroxyl groups excluding tert-OH is 1. The van der Waals surface area contributed by atoms with Crippen molar-refractivity contribution in [2.24, 2.45) is 5.73 Å². The number of nitrogens with one attached hydrogen (secondary N) is 1. The molecule has 1 aliphatic rings. The SMILES string of the molecule is COCC(CO)NC(=O)CC1(N)CCC1. The molecular formula is C10H20N2O3. The summed E-state index contributed by atoms with van der Waals surface area (Å²) in [5, 5.41) is 11.6. The Hall–Kier alpha value is -0.650. The first-order valence-corrected chi connectivity index (χ1v) is 5.28. The standard InChI is InChI=1S/C10H20N2O3/c1-15-7-8(6-13)12-9(14)5-10(11)3-2-4-10/h8,13H,2-7,11H2,1H3,(H,12,14). The van der Waals surface area contributed by atoms with Gasteiger partial charge in [-0.3, -0.25) is 4.79 Å². The van der Waals surface area contributed by atoms with Crippen molar-refractivity contribution in [3.63, 3.8) is 0 Å². The molecule has 0 aliphatic heterocycles. The first-order chi connectivity index (χ1) is 7.09. The molecule has 0 saturated heterocycles. The van der Waals surface area contributed by atoms with Crippen LogP contribution in [0.2, 0.25) is 0 Å². The summed E-state index contributed by atoms with van der Waals surface area (Å²) in [4.78, 5) is 11.5. The smallest absolute Gasteiger partial charge is 0.222 e. The molecule has 0 spiro atoms. The molecule has 1 atom stereocenters. The molecule has 1 unspecified atom stereocenters. The zero-order valence-electron chi connectivity index (χ0n) is 9.16. The zero-order chi connectivity index (χ0) is 11.3. The Labute approximate surface area is 90.0 Å². The summed E-state index contributed by atoms with van der Waals surface area (Å²) in [5.41, 5.74) is 5.63. The number of amides is 1. The quantitative estimate of drug-likeness (QED) is 0.552. The van der Waals surface area contributed by atoms with Crippen LogP contribution in [0.25, 0.3) is 0 Å². The Kier molecular flexibility index (Phi) is 4.50. The summed E-state index contributed by atoms with van der Waals surface area (Å²) in [6.07, 6.45) is 3.27. The predicted molar refractivity (Wildman–Crippen MR) is 56.3 cm³/mol. The lowest BCUT2D eigenvalue weighted by atomic mass is 9.75. The van der Waals surface area contributed by atoms with Gasteiger partial charge in [0.25, 0.3) is 0 Å². The fraction of sp³-hybridized carbons (Fsp3) is 0.900. The first kappa shape index (κ1) is 12.4. The first-order valence-electron chi connectivity index (χ1n) is 5.28. The van der Waals surface area contributed by atoms with Crippen LogP contribution in [0.4, 0.5) is 0 Å². The number of ether oxygens (including phenoxy) is 1. The van der Waals surface area contributed by atoms with Gasteiger partial charge < -0.3 is 20.9 Å². The molecule has 0 radical (unpaired) electrons. The van der Waals surface area contributed by atoms with Gasteiger partial charge in [0, 0.05) is 19.1 Å². The van der Waals surface area contributed by atoms with Gasteiger partial charge >= 0.3 is 0 Å². The number of nitrogens with two attached hydrogens (primary N) is 1. The van der Waals surface area contributed by atoms with Crippen LogP contribution in [0, 0.1) is 0 Å². The van der Waals surface area contributed by atoms with Crippen molar-refractivity contribution < 1.29 is 14.6 Å². The van der Waals surface area contributed by atoms with E-state index < -0.39 is 0 Å². The van der Waals surface area contributed by atoms with Gasteiger partial charge in [-0.15, -0.1) is 0 Å². The third-order valence-electron chi connectivity index (χ3n) is 2.82. The third-order valence-corrected chi connectivity index (χ3v) is 2.82. The number of aliphatic hydroxyl groups is 1. The van der Waals surface area contributed by atoms with E-state index in [0.717, 1.165) is 19.3 Å². The second-order valence-electron chi connectivity index (χ2n) is 4.30. The number of carbonyl (C=O) groups excluding carboxylic acids is 1. The van der Waals surface area contributed by atoms with Crippen LogP contribution in [0.5, 0.6) is 0 Å². The Balaban J connectivity index is 2.27. The zero-order valence-corrected chi connectivity index (χ0v) is 9.16. The fourth-order valence-corrected chi connectivity index (χ4v) is 1.75. The van der Waals surface area contributed by atoms with Crippen LogP contribution in [0.3, 0.4) is 0 Å². The largest absolute Gasteiger partial charge is 0.394 e. The highest BCUT2D eigenvalue weighted by Gasteiger charge is 2.34. The van der Waals surface area contributed by atoms with Gasteiger partial charge in [-0.25, -0.2) is 0 Å². The topological polar surface area (TPSA) is 84.6 Å². The highest BCUT2D eigenvalue weighted by Crippen LogP contribution is 2.31. The molecule has 1 amide bonds. The van der Waals surface area contributed by atoms with Crippen molar-refractivity contribution in [2.75, 3.05) is 20.3 Å². The minimum Gasteiger partial charge on any atom is -0.394 e. The van der Waals surface area contributed by atoms with Crippen LogP contribution in [0.1, 0.15) is 25.7 Å². The van der Waals surface area contributed by atoms with Gasteiger partial charge in [-0.05, 0) is 19.3 Å². The van der Waals surface area contributed by atoms with Gasteiger partial charge in [0.05, 0.1) is 19.3 Å². The van der Waals surface area contributed by atoms with Crippen LogP contribution >= 0.6 is 0 Å². The van der Waals surface area contributed by atoms with Crippen LogP contribution in [-0.2, 0) is 9.53 Å². The van der Waals surface area contributed by atoms with Gasteiger partial charge in [-0.1, -0.05) is 0 Å². The van der Waals surface area contributed by atoms with Crippen molar-refractivity contribution in [1.82, 2.24) is 5.32 Å². The van der Waals surface area contributed by atoms with Crippen molar-refractivity contribution in [3.8, 4) is 0 Å². The fourth-order valence-electron chi connectivity index (χ4n) is 1.75. The summed E-state index contributed by atoms with van der Waals surface area (Å²) in [7, 11) is 1.53. The molecule has 88 valence electrons. The van der Waals surface area contributed by atoms with Crippen LogP contribution < -0.4 is 11.1 Å². The minimum absolute atomic E-state index is 0.103. The lowest BCUT2D eigenvalue weighted by Gasteiger charge is -2.37. The number of methoxy groups -OCH3 is 1. The highest BCUT2D eigenvalue weighted by atomic mass is 16.5. The van der Waals surface area contributed by atoms with Gasteiger partial charge in [-0.2, -0.15) is 0 Å². The van der Waals surface area contributed by atoms with Crippen LogP contribution in [-0.4, -0.2) is 42.9 Å². The Bertz CT molecular complexity index is 217. The lowest BCUT2D eigenvalue weighted by Crippen LogP contribution is -2.52. The molecule has 1 saturated carbocycles. The Morgan fingerprint density at radius 2 is 2.33 bits per heavy atom. The van der Waals surface area contributed by atoms with E-state index in [1.54, 1.807) is 0 Å². The number of hydrogen-bond donors (Lipinski definition) is 3. The van der Waals surface area contributed by atoms with E-state index in [0.29, 0.717) is 13.0 Å². The van der Waals surface area contributed by atoms with E-state index in [2.05, 4.69) is 5.32 Å². The van der Waals surface area contributed by atoms with Crippen molar-refractivity contribution in [1.29, 1.82) is 0 Å². The van der Waals surface area contributed by atoms with Crippen molar-refractivity contribution in [2.45, 2.75) is 37.3 Å². The number of rotatable bonds is 6. The second kappa shape index (κ2) is 5.44. The van der Waals surface area contributed by atoms with E-state index in [-0.39, 0.29) is 24.1 Å². The molecule has 1 rings (SSSR count). The van der Waals surface area contributed by atoms with E-state index in [9.17, 15) is 4.79 Å². The second-order valence-corrected chi connectivity index (χ2v) is 4.30. The molecule has 1 fully saturated rings. The summed E-state index contributed by atoms with van der Waals surface area (Å²) < 4.78 is 4.86. The van der Waals surface area contributed by atoms with Gasteiger partial charge in [0.15, 0.2) is 0 Å². The molecule has 5 nitrogen and oxygen atoms in total. The van der Waals surface area contributed by atoms with Crippen molar-refractivity contribution in [3.05, 3.63) is 0 Å². The molecule has 15 heavy (non-hydrogen) atoms. The van der Waals surface area contributed by atoms with Crippen molar-refractivity contribution >= 4 is 5.91 Å². The van der Waals surface area contributed by atoms with E-state index in [1.165, 1.54) is 7.11 Å². The molecule has 0 aromatic rings. The number of hydrogen-bond acceptors (Lipinski definition) is 4. The molecule has 0 bridgehead atoms. The van der Waals surface area contributed by atoms with E-state index in [4.69, 9.17) is 15.6 Å². The summed E-state index contributed by atoms with van der Waals surface area (Å²) in [5.74, 6) is -0.103. The van der Waals surface area contributed by atoms with E-state index in [1.807, 2.05) is 0 Å². The monoisotopic (exact) mass is 216 g/mol. The maximum absolute atomic E-state index is 11.5. The Morgan fingerprint density at radius 1 is 1.67 bits per heavy atom. The third kappa shape index (κ3) is 3.77. The average molecular weight is 216 g/mol. The highest BCUT2D eigenvalue weighted by molar-refractivity contribution is 5.77. The molecule has 0 aromatic carbocycles. The normalized spacial score (nSPS) is 20.5. The summed E-state index contributed by atoms with van der Waals surface area (Å²) >= 11 is 0. The number of carbonyl (C=O) groups is 1. The van der Waals surface area contributed by atoms with Gasteiger partial charge in [0.1, 0.15) is 0 Å². The molecule has 1 aliphatic carbocycles. The maximum Gasteiger partial charge on any atom is 0.222 e. The molecule has 0 heterocycles. The maximum atomic E-state index is 11.5. The Morgan fingerprint density at radius 3 is 2.73 bits per heavy atom. The molecule has 5 heteroatoms.